The molecule has 0 unspecified atom stereocenters. The van der Waals surface area contributed by atoms with Crippen LogP contribution >= 0.6 is 0 Å². The minimum absolute atomic E-state index is 0.164. The van der Waals surface area contributed by atoms with Gasteiger partial charge in [-0.05, 0) is 36.8 Å². The molecule has 0 radical (unpaired) electrons. The van der Waals surface area contributed by atoms with Gasteiger partial charge in [-0.3, -0.25) is 4.79 Å². The van der Waals surface area contributed by atoms with Gasteiger partial charge in [0.25, 0.3) is 5.91 Å². The number of carbonyl (C=O) groups is 1. The van der Waals surface area contributed by atoms with Crippen molar-refractivity contribution in [3.8, 4) is 11.5 Å². The largest absolute Gasteiger partial charge is 0.497 e. The van der Waals surface area contributed by atoms with Gasteiger partial charge >= 0.3 is 0 Å². The molecule has 0 aromatic heterocycles. The maximum absolute atomic E-state index is 13.4. The molecule has 2 aromatic carbocycles. The molecule has 1 N–H and O–H groups in total. The second-order valence-corrected chi connectivity index (χ2v) is 4.48. The van der Waals surface area contributed by atoms with Gasteiger partial charge in [0.2, 0.25) is 0 Å². The van der Waals surface area contributed by atoms with Crippen LogP contribution in [0.4, 0.5) is 10.1 Å². The van der Waals surface area contributed by atoms with Crippen LogP contribution in [0.2, 0.25) is 0 Å². The van der Waals surface area contributed by atoms with Gasteiger partial charge in [0.1, 0.15) is 17.3 Å². The molecule has 0 bridgehead atoms. The van der Waals surface area contributed by atoms with Crippen molar-refractivity contribution in [2.24, 2.45) is 0 Å². The number of methoxy groups -OCH3 is 1. The molecule has 0 spiro atoms. The molecule has 0 aliphatic rings. The van der Waals surface area contributed by atoms with Crippen LogP contribution in [-0.2, 0) is 4.79 Å². The van der Waals surface area contributed by atoms with Gasteiger partial charge < -0.3 is 14.8 Å². The van der Waals surface area contributed by atoms with Gasteiger partial charge in [-0.25, -0.2) is 4.39 Å². The predicted octanol–water partition coefficient (Wildman–Crippen LogP) is 3.16. The molecule has 2 aromatic rings. The summed E-state index contributed by atoms with van der Waals surface area (Å²) < 4.78 is 23.8. The lowest BCUT2D eigenvalue weighted by molar-refractivity contribution is -0.118. The van der Waals surface area contributed by atoms with Crippen molar-refractivity contribution in [1.82, 2.24) is 0 Å². The summed E-state index contributed by atoms with van der Waals surface area (Å²) in [6, 6.07) is 11.5. The molecule has 0 atom stereocenters. The highest BCUT2D eigenvalue weighted by Gasteiger charge is 2.06. The van der Waals surface area contributed by atoms with Crippen LogP contribution in [-0.4, -0.2) is 19.6 Å². The van der Waals surface area contributed by atoms with E-state index in [1.807, 2.05) is 0 Å². The Bertz CT molecular complexity index is 643. The second kappa shape index (κ2) is 6.74. The summed E-state index contributed by atoms with van der Waals surface area (Å²) in [6.07, 6.45) is 0. The molecule has 0 fully saturated rings. The molecule has 5 heteroatoms. The van der Waals surface area contributed by atoms with Gasteiger partial charge in [0.05, 0.1) is 7.11 Å². The molecule has 2 rings (SSSR count). The molecule has 0 aliphatic carbocycles. The maximum atomic E-state index is 13.4. The number of hydrogen-bond acceptors (Lipinski definition) is 3. The van der Waals surface area contributed by atoms with Gasteiger partial charge in [0.15, 0.2) is 6.61 Å². The molecule has 110 valence electrons. The van der Waals surface area contributed by atoms with E-state index >= 15 is 0 Å². The van der Waals surface area contributed by atoms with E-state index in [9.17, 15) is 9.18 Å². The number of halogens is 1. The number of ether oxygens (including phenoxy) is 2. The quantitative estimate of drug-likeness (QED) is 0.919. The minimum atomic E-state index is -0.360. The molecular formula is C16H16FNO3. The number of hydrogen-bond donors (Lipinski definition) is 1. The van der Waals surface area contributed by atoms with Crippen molar-refractivity contribution >= 4 is 11.6 Å². The lowest BCUT2D eigenvalue weighted by Gasteiger charge is -2.09. The zero-order valence-corrected chi connectivity index (χ0v) is 11.9. The monoisotopic (exact) mass is 289 g/mol. The Hall–Kier alpha value is -2.56. The number of anilines is 1. The first kappa shape index (κ1) is 14.8. The fourth-order valence-electron chi connectivity index (χ4n) is 1.71. The van der Waals surface area contributed by atoms with E-state index in [-0.39, 0.29) is 18.3 Å². The van der Waals surface area contributed by atoms with Gasteiger partial charge in [0, 0.05) is 11.8 Å². The highest BCUT2D eigenvalue weighted by molar-refractivity contribution is 5.91. The molecule has 21 heavy (non-hydrogen) atoms. The average molecular weight is 289 g/mol. The van der Waals surface area contributed by atoms with Crippen LogP contribution in [0.5, 0.6) is 11.5 Å². The van der Waals surface area contributed by atoms with Crippen LogP contribution in [0, 0.1) is 12.7 Å². The summed E-state index contributed by atoms with van der Waals surface area (Å²) in [6.45, 7) is 1.50. The molecule has 0 heterocycles. The summed E-state index contributed by atoms with van der Waals surface area (Å²) >= 11 is 0. The normalized spacial score (nSPS) is 10.0. The van der Waals surface area contributed by atoms with E-state index in [2.05, 4.69) is 5.32 Å². The molecule has 0 aliphatic heterocycles. The number of carbonyl (C=O) groups excluding carboxylic acids is 1. The standard InChI is InChI=1S/C16H16FNO3/c1-11-6-7-12(8-15(11)17)18-16(19)10-21-14-5-3-4-13(9-14)20-2/h3-9H,10H2,1-2H3,(H,18,19). The number of benzene rings is 2. The number of aryl methyl sites for hydroxylation is 1. The first-order valence-electron chi connectivity index (χ1n) is 6.41. The van der Waals surface area contributed by atoms with Gasteiger partial charge in [-0.15, -0.1) is 0 Å². The Kier molecular flexibility index (Phi) is 4.77. The van der Waals surface area contributed by atoms with E-state index in [0.717, 1.165) is 0 Å². The number of rotatable bonds is 5. The number of nitrogens with one attached hydrogen (secondary N) is 1. The van der Waals surface area contributed by atoms with Crippen LogP contribution in [0.25, 0.3) is 0 Å². The highest BCUT2D eigenvalue weighted by atomic mass is 19.1. The highest BCUT2D eigenvalue weighted by Crippen LogP contribution is 2.19. The zero-order chi connectivity index (χ0) is 15.2. The Morgan fingerprint density at radius 2 is 1.95 bits per heavy atom. The van der Waals surface area contributed by atoms with Crippen molar-refractivity contribution < 1.29 is 18.7 Å². The average Bonchev–Trinajstić information content (AvgIpc) is 2.49. The topological polar surface area (TPSA) is 47.6 Å². The lowest BCUT2D eigenvalue weighted by atomic mass is 10.2. The van der Waals surface area contributed by atoms with Crippen LogP contribution in [0.15, 0.2) is 42.5 Å². The summed E-state index contributed by atoms with van der Waals surface area (Å²) in [5.74, 6) is 0.454. The second-order valence-electron chi connectivity index (χ2n) is 4.48. The molecular weight excluding hydrogens is 273 g/mol. The Balaban J connectivity index is 1.91. The maximum Gasteiger partial charge on any atom is 0.262 e. The van der Waals surface area contributed by atoms with E-state index in [4.69, 9.17) is 9.47 Å². The Morgan fingerprint density at radius 3 is 2.67 bits per heavy atom. The lowest BCUT2D eigenvalue weighted by Crippen LogP contribution is -2.20. The van der Waals surface area contributed by atoms with Crippen molar-refractivity contribution in [1.29, 1.82) is 0 Å². The summed E-state index contributed by atoms with van der Waals surface area (Å²) in [5.41, 5.74) is 0.929. The summed E-state index contributed by atoms with van der Waals surface area (Å²) in [7, 11) is 1.55. The van der Waals surface area contributed by atoms with E-state index in [0.29, 0.717) is 22.7 Å². The van der Waals surface area contributed by atoms with Gasteiger partial charge in [-0.1, -0.05) is 12.1 Å². The third-order valence-corrected chi connectivity index (χ3v) is 2.87. The van der Waals surface area contributed by atoms with E-state index < -0.39 is 0 Å². The summed E-state index contributed by atoms with van der Waals surface area (Å²) in [4.78, 5) is 11.7. The first-order valence-corrected chi connectivity index (χ1v) is 6.41. The summed E-state index contributed by atoms with van der Waals surface area (Å²) in [5, 5.41) is 2.57. The third-order valence-electron chi connectivity index (χ3n) is 2.87. The molecule has 0 saturated carbocycles. The molecule has 4 nitrogen and oxygen atoms in total. The SMILES string of the molecule is COc1cccc(OCC(=O)Nc2ccc(C)c(F)c2)c1. The molecule has 0 saturated heterocycles. The van der Waals surface area contributed by atoms with E-state index in [1.165, 1.54) is 6.07 Å². The fraction of sp³-hybridized carbons (Fsp3) is 0.188. The van der Waals surface area contributed by atoms with Crippen LogP contribution < -0.4 is 14.8 Å². The first-order chi connectivity index (χ1) is 10.1. The van der Waals surface area contributed by atoms with Gasteiger partial charge in [-0.2, -0.15) is 0 Å². The Labute approximate surface area is 122 Å². The van der Waals surface area contributed by atoms with Crippen molar-refractivity contribution in [2.75, 3.05) is 19.0 Å². The van der Waals surface area contributed by atoms with Crippen LogP contribution in [0.3, 0.4) is 0 Å². The third kappa shape index (κ3) is 4.21. The van der Waals surface area contributed by atoms with Crippen molar-refractivity contribution in [3.05, 3.63) is 53.8 Å². The minimum Gasteiger partial charge on any atom is -0.497 e. The van der Waals surface area contributed by atoms with E-state index in [1.54, 1.807) is 50.4 Å². The van der Waals surface area contributed by atoms with Crippen LogP contribution in [0.1, 0.15) is 5.56 Å². The Morgan fingerprint density at radius 1 is 1.19 bits per heavy atom. The predicted molar refractivity (Wildman–Crippen MR) is 78.3 cm³/mol. The number of amides is 1. The molecule has 1 amide bonds. The zero-order valence-electron chi connectivity index (χ0n) is 11.9. The van der Waals surface area contributed by atoms with Crippen molar-refractivity contribution in [3.63, 3.8) is 0 Å². The van der Waals surface area contributed by atoms with Crippen molar-refractivity contribution in [2.45, 2.75) is 6.92 Å². The fourth-order valence-corrected chi connectivity index (χ4v) is 1.71. The smallest absolute Gasteiger partial charge is 0.262 e.